The molecule has 0 N–H and O–H groups in total. The number of nitrogens with zero attached hydrogens (tertiary/aromatic N) is 2. The van der Waals surface area contributed by atoms with Crippen LogP contribution in [0.5, 0.6) is 0 Å². The fourth-order valence-corrected chi connectivity index (χ4v) is 3.12. The predicted octanol–water partition coefficient (Wildman–Crippen LogP) is 3.89. The number of thioether (sulfide) groups is 1. The summed E-state index contributed by atoms with van der Waals surface area (Å²) in [6.07, 6.45) is 1.62. The highest BCUT2D eigenvalue weighted by atomic mass is 32.2. The van der Waals surface area contributed by atoms with E-state index in [2.05, 4.69) is 0 Å². The van der Waals surface area contributed by atoms with Crippen molar-refractivity contribution in [3.05, 3.63) is 58.2 Å². The molecule has 2 amide bonds. The van der Waals surface area contributed by atoms with E-state index in [1.54, 1.807) is 12.1 Å². The van der Waals surface area contributed by atoms with Crippen LogP contribution in [-0.4, -0.2) is 30.1 Å². The Labute approximate surface area is 144 Å². The Kier molecular flexibility index (Phi) is 4.49. The van der Waals surface area contributed by atoms with Crippen molar-refractivity contribution in [3.63, 3.8) is 0 Å². The van der Waals surface area contributed by atoms with Gasteiger partial charge >= 0.3 is 0 Å². The standard InChI is InChI=1S/C18H18N2O3S/c1-12-4-6-13(7-5-12)11-20-17(21)15(24-18(20)22)10-14-8-9-16(23-14)19(2)3/h4-10H,11H2,1-3H3/b15-10-. The number of hydrogen-bond acceptors (Lipinski definition) is 5. The van der Waals surface area contributed by atoms with Gasteiger partial charge in [0.15, 0.2) is 5.88 Å². The number of carbonyl (C=O) groups is 2. The second kappa shape index (κ2) is 6.57. The van der Waals surface area contributed by atoms with Gasteiger partial charge in [-0.1, -0.05) is 29.8 Å². The van der Waals surface area contributed by atoms with Gasteiger partial charge in [0.05, 0.1) is 11.4 Å². The van der Waals surface area contributed by atoms with Crippen LogP contribution >= 0.6 is 11.8 Å². The van der Waals surface area contributed by atoms with Crippen molar-refractivity contribution >= 4 is 34.9 Å². The van der Waals surface area contributed by atoms with Crippen LogP contribution in [0.1, 0.15) is 16.9 Å². The molecule has 1 fully saturated rings. The molecule has 2 heterocycles. The van der Waals surface area contributed by atoms with E-state index < -0.39 is 0 Å². The van der Waals surface area contributed by atoms with Crippen molar-refractivity contribution in [1.82, 2.24) is 4.90 Å². The van der Waals surface area contributed by atoms with Gasteiger partial charge in [0.1, 0.15) is 5.76 Å². The van der Waals surface area contributed by atoms with Crippen LogP contribution in [0.3, 0.4) is 0 Å². The topological polar surface area (TPSA) is 53.8 Å². The zero-order valence-corrected chi connectivity index (χ0v) is 14.6. The van der Waals surface area contributed by atoms with Crippen molar-refractivity contribution in [2.45, 2.75) is 13.5 Å². The molecule has 0 spiro atoms. The van der Waals surface area contributed by atoms with Gasteiger partial charge in [-0.3, -0.25) is 14.5 Å². The van der Waals surface area contributed by atoms with Gasteiger partial charge in [0.25, 0.3) is 11.1 Å². The van der Waals surface area contributed by atoms with Crippen LogP contribution in [0, 0.1) is 6.92 Å². The summed E-state index contributed by atoms with van der Waals surface area (Å²) in [4.78, 5) is 28.1. The summed E-state index contributed by atoms with van der Waals surface area (Å²) in [5.41, 5.74) is 2.07. The van der Waals surface area contributed by atoms with Crippen LogP contribution in [0.4, 0.5) is 10.7 Å². The number of benzene rings is 1. The van der Waals surface area contributed by atoms with Crippen LogP contribution in [0.15, 0.2) is 45.7 Å². The Bertz CT molecular complexity index is 806. The van der Waals surface area contributed by atoms with E-state index >= 15 is 0 Å². The number of carbonyl (C=O) groups excluding carboxylic acids is 2. The highest BCUT2D eigenvalue weighted by molar-refractivity contribution is 8.18. The van der Waals surface area contributed by atoms with Crippen molar-refractivity contribution in [2.75, 3.05) is 19.0 Å². The van der Waals surface area contributed by atoms with Crippen molar-refractivity contribution in [1.29, 1.82) is 0 Å². The lowest BCUT2D eigenvalue weighted by Gasteiger charge is -2.12. The molecule has 1 saturated heterocycles. The summed E-state index contributed by atoms with van der Waals surface area (Å²) < 4.78 is 5.61. The van der Waals surface area contributed by atoms with Crippen LogP contribution in [0.2, 0.25) is 0 Å². The summed E-state index contributed by atoms with van der Waals surface area (Å²) in [5.74, 6) is 0.966. The van der Waals surface area contributed by atoms with Gasteiger partial charge < -0.3 is 9.32 Å². The Hall–Kier alpha value is -2.47. The summed E-state index contributed by atoms with van der Waals surface area (Å²) >= 11 is 0.942. The average Bonchev–Trinajstić information content (AvgIpc) is 3.10. The third kappa shape index (κ3) is 3.38. The minimum atomic E-state index is -0.284. The predicted molar refractivity (Wildman–Crippen MR) is 95.7 cm³/mol. The zero-order chi connectivity index (χ0) is 17.3. The van der Waals surface area contributed by atoms with Crippen molar-refractivity contribution in [2.24, 2.45) is 0 Å². The first-order valence-corrected chi connectivity index (χ1v) is 8.34. The number of imide groups is 1. The molecule has 1 aliphatic heterocycles. The van der Waals surface area contributed by atoms with Gasteiger partial charge in [-0.05, 0) is 30.3 Å². The zero-order valence-electron chi connectivity index (χ0n) is 13.8. The monoisotopic (exact) mass is 342 g/mol. The first-order valence-electron chi connectivity index (χ1n) is 7.52. The van der Waals surface area contributed by atoms with E-state index in [9.17, 15) is 9.59 Å². The smallest absolute Gasteiger partial charge is 0.293 e. The average molecular weight is 342 g/mol. The van der Waals surface area contributed by atoms with Gasteiger partial charge in [0, 0.05) is 26.2 Å². The van der Waals surface area contributed by atoms with Crippen molar-refractivity contribution in [3.8, 4) is 0 Å². The number of amides is 2. The molecule has 0 aliphatic carbocycles. The molecule has 0 unspecified atom stereocenters. The fraction of sp³-hybridized carbons (Fsp3) is 0.222. The molecule has 2 aromatic rings. The largest absolute Gasteiger partial charge is 0.441 e. The maximum absolute atomic E-state index is 12.5. The van der Waals surface area contributed by atoms with E-state index in [1.165, 1.54) is 4.90 Å². The summed E-state index contributed by atoms with van der Waals surface area (Å²) in [6, 6.07) is 11.4. The Balaban J connectivity index is 1.77. The fourth-order valence-electron chi connectivity index (χ4n) is 2.30. The summed E-state index contributed by atoms with van der Waals surface area (Å²) in [7, 11) is 3.75. The van der Waals surface area contributed by atoms with Gasteiger partial charge in [-0.15, -0.1) is 0 Å². The highest BCUT2D eigenvalue weighted by Crippen LogP contribution is 2.34. The third-order valence-corrected chi connectivity index (χ3v) is 4.57. The third-order valence-electron chi connectivity index (χ3n) is 3.66. The molecule has 124 valence electrons. The molecule has 3 rings (SSSR count). The molecule has 6 heteroatoms. The first kappa shape index (κ1) is 16.4. The number of anilines is 1. The molecule has 1 aromatic heterocycles. The summed E-state index contributed by atoms with van der Waals surface area (Å²) in [5, 5.41) is -0.258. The number of hydrogen-bond donors (Lipinski definition) is 0. The minimum absolute atomic E-state index is 0.258. The van der Waals surface area contributed by atoms with Gasteiger partial charge in [-0.2, -0.15) is 0 Å². The maximum Gasteiger partial charge on any atom is 0.293 e. The van der Waals surface area contributed by atoms with Gasteiger partial charge in [-0.25, -0.2) is 0 Å². The minimum Gasteiger partial charge on any atom is -0.441 e. The first-order chi connectivity index (χ1) is 11.4. The van der Waals surface area contributed by atoms with E-state index in [1.807, 2.05) is 56.3 Å². The molecule has 0 saturated carbocycles. The quantitative estimate of drug-likeness (QED) is 0.789. The molecule has 1 aromatic carbocycles. The molecular weight excluding hydrogens is 324 g/mol. The van der Waals surface area contributed by atoms with E-state index in [0.29, 0.717) is 16.5 Å². The number of furan rings is 1. The number of rotatable bonds is 4. The maximum atomic E-state index is 12.5. The Morgan fingerprint density at radius 1 is 1.12 bits per heavy atom. The number of aryl methyl sites for hydroxylation is 1. The lowest BCUT2D eigenvalue weighted by Crippen LogP contribution is -2.27. The van der Waals surface area contributed by atoms with E-state index in [-0.39, 0.29) is 17.7 Å². The second-order valence-electron chi connectivity index (χ2n) is 5.82. The van der Waals surface area contributed by atoms with Gasteiger partial charge in [0.2, 0.25) is 0 Å². The molecule has 1 aliphatic rings. The lowest BCUT2D eigenvalue weighted by atomic mass is 10.1. The molecule has 0 bridgehead atoms. The van der Waals surface area contributed by atoms with Crippen molar-refractivity contribution < 1.29 is 14.0 Å². The molecular formula is C18H18N2O3S. The van der Waals surface area contributed by atoms with Crippen LogP contribution < -0.4 is 4.90 Å². The highest BCUT2D eigenvalue weighted by Gasteiger charge is 2.35. The lowest BCUT2D eigenvalue weighted by molar-refractivity contribution is -0.123. The molecule has 0 atom stereocenters. The van der Waals surface area contributed by atoms with Crippen LogP contribution in [0.25, 0.3) is 6.08 Å². The Morgan fingerprint density at radius 3 is 2.46 bits per heavy atom. The summed E-state index contributed by atoms with van der Waals surface area (Å²) in [6.45, 7) is 2.28. The molecule has 5 nitrogen and oxygen atoms in total. The molecule has 24 heavy (non-hydrogen) atoms. The van der Waals surface area contributed by atoms with Crippen LogP contribution in [-0.2, 0) is 11.3 Å². The normalized spacial score (nSPS) is 16.3. The SMILES string of the molecule is Cc1ccc(CN2C(=O)S/C(=C\c3ccc(N(C)C)o3)C2=O)cc1. The second-order valence-corrected chi connectivity index (χ2v) is 6.82. The van der Waals surface area contributed by atoms with E-state index in [4.69, 9.17) is 4.42 Å². The Morgan fingerprint density at radius 2 is 1.83 bits per heavy atom. The van der Waals surface area contributed by atoms with E-state index in [0.717, 1.165) is 22.9 Å². The molecule has 0 radical (unpaired) electrons.